The monoisotopic (exact) mass is 483 g/mol. The first-order chi connectivity index (χ1) is 17.0. The van der Waals surface area contributed by atoms with Crippen molar-refractivity contribution in [2.24, 2.45) is 4.99 Å². The van der Waals surface area contributed by atoms with Gasteiger partial charge in [-0.1, -0.05) is 6.07 Å². The number of fused-ring (bicyclic) bond motifs is 2. The summed E-state index contributed by atoms with van der Waals surface area (Å²) in [5.41, 5.74) is 1.14. The predicted octanol–water partition coefficient (Wildman–Crippen LogP) is 1.73. The Labute approximate surface area is 203 Å². The number of carbonyl (C=O) groups is 1. The van der Waals surface area contributed by atoms with E-state index in [2.05, 4.69) is 20.1 Å². The van der Waals surface area contributed by atoms with Gasteiger partial charge >= 0.3 is 0 Å². The minimum atomic E-state index is -0.344. The highest BCUT2D eigenvalue weighted by molar-refractivity contribution is 6.13. The van der Waals surface area contributed by atoms with E-state index in [9.17, 15) is 14.0 Å². The quantitative estimate of drug-likeness (QED) is 0.474. The number of aldehydes is 1. The molecule has 4 heterocycles. The largest absolute Gasteiger partial charge is 0.486 e. The van der Waals surface area contributed by atoms with E-state index < -0.39 is 0 Å². The van der Waals surface area contributed by atoms with Crippen LogP contribution in [0.4, 0.5) is 15.9 Å². The third kappa shape index (κ3) is 4.81. The van der Waals surface area contributed by atoms with Crippen LogP contribution < -0.4 is 25.2 Å². The number of ether oxygens (including phenoxy) is 2. The lowest BCUT2D eigenvalue weighted by molar-refractivity contribution is -0.102. The third-order valence-electron chi connectivity index (χ3n) is 7.05. The number of pyridine rings is 1. The van der Waals surface area contributed by atoms with Gasteiger partial charge in [0.25, 0.3) is 5.56 Å². The van der Waals surface area contributed by atoms with E-state index in [1.807, 2.05) is 7.05 Å². The number of aromatic nitrogens is 1. The van der Waals surface area contributed by atoms with Crippen molar-refractivity contribution in [2.75, 3.05) is 44.8 Å². The van der Waals surface area contributed by atoms with Crippen molar-refractivity contribution in [1.82, 2.24) is 14.8 Å². The van der Waals surface area contributed by atoms with Crippen LogP contribution in [0.2, 0.25) is 0 Å². The number of carbonyl (C=O) groups excluding carboxylic acids is 1. The number of rotatable bonds is 7. The second kappa shape index (κ2) is 10.2. The Hall–Kier alpha value is -3.24. The molecule has 2 aromatic rings. The van der Waals surface area contributed by atoms with Crippen LogP contribution in [0.3, 0.4) is 0 Å². The van der Waals surface area contributed by atoms with E-state index in [4.69, 9.17) is 9.47 Å². The molecule has 0 spiro atoms. The normalized spacial score (nSPS) is 20.4. The van der Waals surface area contributed by atoms with Crippen molar-refractivity contribution < 1.29 is 18.7 Å². The zero-order valence-electron chi connectivity index (χ0n) is 19.8. The fourth-order valence-electron chi connectivity index (χ4n) is 5.13. The number of halogens is 1. The molecule has 0 bridgehead atoms. The smallest absolute Gasteiger partial charge is 0.252 e. The van der Waals surface area contributed by atoms with Crippen molar-refractivity contribution >= 4 is 24.0 Å². The highest BCUT2D eigenvalue weighted by Gasteiger charge is 2.32. The number of piperidine rings is 1. The maximum absolute atomic E-state index is 14.8. The van der Waals surface area contributed by atoms with E-state index in [1.165, 1.54) is 12.3 Å². The minimum Gasteiger partial charge on any atom is -0.486 e. The van der Waals surface area contributed by atoms with Crippen molar-refractivity contribution in [3.63, 3.8) is 0 Å². The second-order valence-corrected chi connectivity index (χ2v) is 9.19. The Morgan fingerprint density at radius 2 is 1.97 bits per heavy atom. The number of nitrogens with one attached hydrogen (secondary N) is 1. The summed E-state index contributed by atoms with van der Waals surface area (Å²) in [6, 6.07) is 7.14. The Bertz CT molecular complexity index is 1180. The molecule has 0 aliphatic carbocycles. The molecule has 3 aliphatic rings. The Morgan fingerprint density at radius 3 is 2.77 bits per heavy atom. The molecule has 0 saturated carbocycles. The number of hydrogen-bond donors (Lipinski definition) is 1. The predicted molar refractivity (Wildman–Crippen MR) is 131 cm³/mol. The first-order valence-corrected chi connectivity index (χ1v) is 12.0. The van der Waals surface area contributed by atoms with Gasteiger partial charge in [-0.15, -0.1) is 0 Å². The Kier molecular flexibility index (Phi) is 6.83. The fourth-order valence-corrected chi connectivity index (χ4v) is 5.13. The molecule has 35 heavy (non-hydrogen) atoms. The molecule has 1 fully saturated rings. The van der Waals surface area contributed by atoms with Crippen LogP contribution in [0.5, 0.6) is 11.5 Å². The number of nitrogens with zero attached hydrogens (tertiary/aromatic N) is 4. The van der Waals surface area contributed by atoms with E-state index in [0.717, 1.165) is 38.3 Å². The topological polar surface area (TPSA) is 88.4 Å². The van der Waals surface area contributed by atoms with Crippen LogP contribution >= 0.6 is 0 Å². The first-order valence-electron chi connectivity index (χ1n) is 12.0. The van der Waals surface area contributed by atoms with E-state index in [-0.39, 0.29) is 23.2 Å². The van der Waals surface area contributed by atoms with Gasteiger partial charge in [0.05, 0.1) is 12.3 Å². The van der Waals surface area contributed by atoms with Gasteiger partial charge < -0.3 is 24.6 Å². The number of benzene rings is 1. The summed E-state index contributed by atoms with van der Waals surface area (Å²) in [7, 11) is 1.97. The van der Waals surface area contributed by atoms with Crippen LogP contribution in [0.15, 0.2) is 34.1 Å². The molecule has 0 amide bonds. The molecule has 1 saturated heterocycles. The lowest BCUT2D eigenvalue weighted by atomic mass is 10.0. The summed E-state index contributed by atoms with van der Waals surface area (Å²) in [5.74, 6) is 1.09. The molecule has 1 atom stereocenters. The van der Waals surface area contributed by atoms with Crippen molar-refractivity contribution in [3.05, 3.63) is 46.0 Å². The molecule has 1 N–H and O–H groups in total. The third-order valence-corrected chi connectivity index (χ3v) is 7.05. The van der Waals surface area contributed by atoms with Gasteiger partial charge in [-0.25, -0.2) is 9.38 Å². The second-order valence-electron chi connectivity index (χ2n) is 9.19. The van der Waals surface area contributed by atoms with Crippen LogP contribution in [-0.2, 0) is 17.9 Å². The van der Waals surface area contributed by atoms with Gasteiger partial charge in [-0.3, -0.25) is 14.2 Å². The number of hydrogen-bond acceptors (Lipinski definition) is 8. The summed E-state index contributed by atoms with van der Waals surface area (Å²) in [6.45, 7) is 4.52. The SMILES string of the molecule is CN1c2c(/N=C\C=O)ccc(=O)n2CC1CN1CCC(NCc2ccc3c(c2F)OCCO3)CC1. The number of anilines is 1. The molecular weight excluding hydrogens is 453 g/mol. The standard InChI is InChI=1S/C25H30FN5O4/c1-29-19(16-31-22(33)5-3-20(25(29)31)27-8-11-32)15-30-9-6-18(7-10-30)28-14-17-2-4-21-24(23(17)26)35-13-12-34-21/h2-5,8,11,18-19,28H,6-7,9-10,12-16H2,1H3/b27-8-. The van der Waals surface area contributed by atoms with Crippen LogP contribution in [0.25, 0.3) is 0 Å². The van der Waals surface area contributed by atoms with E-state index in [1.54, 1.807) is 22.8 Å². The van der Waals surface area contributed by atoms with Crippen molar-refractivity contribution in [3.8, 4) is 11.5 Å². The van der Waals surface area contributed by atoms with Crippen molar-refractivity contribution in [1.29, 1.82) is 0 Å². The summed E-state index contributed by atoms with van der Waals surface area (Å²) in [6.07, 6.45) is 3.76. The highest BCUT2D eigenvalue weighted by atomic mass is 19.1. The number of likely N-dealkylation sites (N-methyl/N-ethyl adjacent to an activating group) is 1. The Morgan fingerprint density at radius 1 is 1.17 bits per heavy atom. The molecule has 0 radical (unpaired) electrons. The molecule has 9 nitrogen and oxygen atoms in total. The highest BCUT2D eigenvalue weighted by Crippen LogP contribution is 2.35. The lowest BCUT2D eigenvalue weighted by Gasteiger charge is -2.35. The Balaban J connectivity index is 1.15. The van der Waals surface area contributed by atoms with Crippen molar-refractivity contribution in [2.45, 2.75) is 38.0 Å². The van der Waals surface area contributed by atoms with Gasteiger partial charge in [0.15, 0.2) is 23.6 Å². The average Bonchev–Trinajstić information content (AvgIpc) is 3.21. The molecule has 10 heteroatoms. The molecule has 186 valence electrons. The zero-order valence-corrected chi connectivity index (χ0v) is 19.8. The molecule has 1 aromatic heterocycles. The number of aliphatic imine (C=N–C) groups is 1. The zero-order chi connectivity index (χ0) is 24.4. The molecular formula is C25H30FN5O4. The van der Waals surface area contributed by atoms with Gasteiger partial charge in [0.1, 0.15) is 24.7 Å². The summed E-state index contributed by atoms with van der Waals surface area (Å²) < 4.78 is 27.4. The maximum Gasteiger partial charge on any atom is 0.252 e. The van der Waals surface area contributed by atoms with Crippen LogP contribution in [-0.4, -0.2) is 73.9 Å². The maximum atomic E-state index is 14.8. The summed E-state index contributed by atoms with van der Waals surface area (Å²) >= 11 is 0. The molecule has 5 rings (SSSR count). The van der Waals surface area contributed by atoms with Gasteiger partial charge in [0, 0.05) is 44.4 Å². The average molecular weight is 484 g/mol. The van der Waals surface area contributed by atoms with Crippen LogP contribution in [0.1, 0.15) is 18.4 Å². The first kappa shape index (κ1) is 23.5. The van der Waals surface area contributed by atoms with E-state index in [0.29, 0.717) is 55.6 Å². The molecule has 3 aliphatic heterocycles. The van der Waals surface area contributed by atoms with E-state index >= 15 is 0 Å². The molecule has 1 aromatic carbocycles. The van der Waals surface area contributed by atoms with Gasteiger partial charge in [-0.05, 0) is 38.1 Å². The minimum absolute atomic E-state index is 0.0614. The molecule has 1 unspecified atom stereocenters. The van der Waals surface area contributed by atoms with Crippen LogP contribution in [0, 0.1) is 5.82 Å². The summed E-state index contributed by atoms with van der Waals surface area (Å²) in [4.78, 5) is 31.8. The lowest BCUT2D eigenvalue weighted by Crippen LogP contribution is -2.47. The summed E-state index contributed by atoms with van der Waals surface area (Å²) in [5, 5.41) is 3.49. The number of likely N-dealkylation sites (tertiary alicyclic amines) is 1. The van der Waals surface area contributed by atoms with Gasteiger partial charge in [0.2, 0.25) is 0 Å². The fraction of sp³-hybridized carbons (Fsp3) is 0.480. The van der Waals surface area contributed by atoms with Gasteiger partial charge in [-0.2, -0.15) is 0 Å².